The molecule has 20 heavy (non-hydrogen) atoms. The highest BCUT2D eigenvalue weighted by Gasteiger charge is 2.19. The highest BCUT2D eigenvalue weighted by Crippen LogP contribution is 2.23. The van der Waals surface area contributed by atoms with Gasteiger partial charge in [0.1, 0.15) is 0 Å². The van der Waals surface area contributed by atoms with E-state index in [1.807, 2.05) is 12.5 Å². The average Bonchev–Trinajstić information content (AvgIpc) is 3.09. The fraction of sp³-hybridized carbons (Fsp3) is 0.357. The van der Waals surface area contributed by atoms with E-state index in [2.05, 4.69) is 14.9 Å². The molecule has 6 heteroatoms. The largest absolute Gasteiger partial charge is 0.329 e. The molecule has 0 saturated carbocycles. The maximum atomic E-state index is 10.6. The van der Waals surface area contributed by atoms with Crippen molar-refractivity contribution in [1.29, 1.82) is 0 Å². The molecule has 1 aromatic heterocycles. The fourth-order valence-corrected chi connectivity index (χ4v) is 2.61. The zero-order valence-electron chi connectivity index (χ0n) is 11.0. The Kier molecular flexibility index (Phi) is 3.47. The van der Waals surface area contributed by atoms with Gasteiger partial charge in [-0.3, -0.25) is 10.1 Å². The quantitative estimate of drug-likeness (QED) is 0.684. The third-order valence-corrected chi connectivity index (χ3v) is 3.66. The summed E-state index contributed by atoms with van der Waals surface area (Å²) in [4.78, 5) is 14.5. The van der Waals surface area contributed by atoms with Gasteiger partial charge in [0.2, 0.25) is 0 Å². The SMILES string of the molecule is O=[N+]([O-])c1ccc(Cn2cncc2C2CCCN2)cc1. The van der Waals surface area contributed by atoms with Crippen molar-refractivity contribution in [2.45, 2.75) is 25.4 Å². The van der Waals surface area contributed by atoms with E-state index >= 15 is 0 Å². The molecule has 1 N–H and O–H groups in total. The van der Waals surface area contributed by atoms with Crippen LogP contribution in [0.25, 0.3) is 0 Å². The van der Waals surface area contributed by atoms with E-state index in [1.54, 1.807) is 24.3 Å². The van der Waals surface area contributed by atoms with E-state index in [-0.39, 0.29) is 10.6 Å². The van der Waals surface area contributed by atoms with Crippen LogP contribution in [0.1, 0.15) is 30.1 Å². The second kappa shape index (κ2) is 5.42. The van der Waals surface area contributed by atoms with Crippen LogP contribution in [0.5, 0.6) is 0 Å². The second-order valence-corrected chi connectivity index (χ2v) is 5.02. The van der Waals surface area contributed by atoms with Crippen LogP contribution in [-0.2, 0) is 6.54 Å². The summed E-state index contributed by atoms with van der Waals surface area (Å²) in [5.74, 6) is 0. The Hall–Kier alpha value is -2.21. The van der Waals surface area contributed by atoms with Gasteiger partial charge in [-0.1, -0.05) is 12.1 Å². The van der Waals surface area contributed by atoms with Crippen LogP contribution < -0.4 is 5.32 Å². The van der Waals surface area contributed by atoms with E-state index in [4.69, 9.17) is 0 Å². The lowest BCUT2D eigenvalue weighted by molar-refractivity contribution is -0.384. The fourth-order valence-electron chi connectivity index (χ4n) is 2.61. The molecule has 104 valence electrons. The van der Waals surface area contributed by atoms with Crippen LogP contribution in [0.3, 0.4) is 0 Å². The predicted molar refractivity (Wildman–Crippen MR) is 74.4 cm³/mol. The highest BCUT2D eigenvalue weighted by molar-refractivity contribution is 5.33. The third-order valence-electron chi connectivity index (χ3n) is 3.66. The minimum atomic E-state index is -0.380. The number of nitrogens with one attached hydrogen (secondary N) is 1. The first kappa shape index (κ1) is 12.8. The summed E-state index contributed by atoms with van der Waals surface area (Å²) < 4.78 is 2.10. The Bertz CT molecular complexity index is 600. The maximum absolute atomic E-state index is 10.6. The van der Waals surface area contributed by atoms with Crippen molar-refractivity contribution < 1.29 is 4.92 Å². The Morgan fingerprint density at radius 3 is 2.85 bits per heavy atom. The van der Waals surface area contributed by atoms with Crippen LogP contribution in [0.15, 0.2) is 36.8 Å². The number of aromatic nitrogens is 2. The molecule has 2 heterocycles. The number of hydrogen-bond donors (Lipinski definition) is 1. The molecule has 0 spiro atoms. The van der Waals surface area contributed by atoms with Gasteiger partial charge in [0.05, 0.1) is 16.9 Å². The van der Waals surface area contributed by atoms with Crippen molar-refractivity contribution in [2.75, 3.05) is 6.54 Å². The molecule has 1 unspecified atom stereocenters. The van der Waals surface area contributed by atoms with Crippen molar-refractivity contribution in [1.82, 2.24) is 14.9 Å². The van der Waals surface area contributed by atoms with E-state index in [0.29, 0.717) is 12.6 Å². The standard InChI is InChI=1S/C14H16N4O2/c19-18(20)12-5-3-11(4-6-12)9-17-10-15-8-14(17)13-2-1-7-16-13/h3-6,8,10,13,16H,1-2,7,9H2. The normalized spacial score (nSPS) is 18.3. The zero-order chi connectivity index (χ0) is 13.9. The van der Waals surface area contributed by atoms with Gasteiger partial charge < -0.3 is 9.88 Å². The van der Waals surface area contributed by atoms with Gasteiger partial charge in [-0.25, -0.2) is 4.98 Å². The van der Waals surface area contributed by atoms with Gasteiger partial charge in [0.15, 0.2) is 0 Å². The molecule has 2 aromatic rings. The van der Waals surface area contributed by atoms with Gasteiger partial charge in [-0.2, -0.15) is 0 Å². The molecule has 0 aliphatic carbocycles. The molecular formula is C14H16N4O2. The van der Waals surface area contributed by atoms with E-state index < -0.39 is 0 Å². The van der Waals surface area contributed by atoms with Crippen LogP contribution in [-0.4, -0.2) is 21.0 Å². The summed E-state index contributed by atoms with van der Waals surface area (Å²) in [6, 6.07) is 7.04. The summed E-state index contributed by atoms with van der Waals surface area (Å²) in [7, 11) is 0. The minimum Gasteiger partial charge on any atom is -0.329 e. The number of non-ortho nitro benzene ring substituents is 1. The Balaban J connectivity index is 1.77. The lowest BCUT2D eigenvalue weighted by Gasteiger charge is -2.13. The first-order valence-electron chi connectivity index (χ1n) is 6.71. The summed E-state index contributed by atoms with van der Waals surface area (Å²) in [5, 5.41) is 14.1. The predicted octanol–water partition coefficient (Wildman–Crippen LogP) is 2.26. The van der Waals surface area contributed by atoms with Crippen molar-refractivity contribution in [2.24, 2.45) is 0 Å². The molecule has 3 rings (SSSR count). The van der Waals surface area contributed by atoms with Crippen molar-refractivity contribution in [3.63, 3.8) is 0 Å². The maximum Gasteiger partial charge on any atom is 0.269 e. The number of nitrogens with zero attached hydrogens (tertiary/aromatic N) is 3. The second-order valence-electron chi connectivity index (χ2n) is 5.02. The summed E-state index contributed by atoms with van der Waals surface area (Å²) in [6.45, 7) is 1.74. The van der Waals surface area contributed by atoms with Crippen LogP contribution in [0.2, 0.25) is 0 Å². The monoisotopic (exact) mass is 272 g/mol. The molecule has 1 aliphatic heterocycles. The van der Waals surface area contributed by atoms with Crippen molar-refractivity contribution in [3.8, 4) is 0 Å². The molecule has 6 nitrogen and oxygen atoms in total. The molecule has 1 atom stereocenters. The number of imidazole rings is 1. The number of nitro benzene ring substituents is 1. The summed E-state index contributed by atoms with van der Waals surface area (Å²) in [5.41, 5.74) is 2.34. The lowest BCUT2D eigenvalue weighted by atomic mass is 10.1. The van der Waals surface area contributed by atoms with E-state index in [0.717, 1.165) is 18.5 Å². The molecule has 1 aliphatic rings. The lowest BCUT2D eigenvalue weighted by Crippen LogP contribution is -2.17. The smallest absolute Gasteiger partial charge is 0.269 e. The van der Waals surface area contributed by atoms with E-state index in [1.165, 1.54) is 12.1 Å². The number of rotatable bonds is 4. The average molecular weight is 272 g/mol. The highest BCUT2D eigenvalue weighted by atomic mass is 16.6. The van der Waals surface area contributed by atoms with Gasteiger partial charge >= 0.3 is 0 Å². The molecular weight excluding hydrogens is 256 g/mol. The Morgan fingerprint density at radius 2 is 2.20 bits per heavy atom. The molecule has 1 fully saturated rings. The Morgan fingerprint density at radius 1 is 1.40 bits per heavy atom. The molecule has 0 amide bonds. The Labute approximate surface area is 116 Å². The molecule has 0 bridgehead atoms. The molecule has 1 saturated heterocycles. The van der Waals surface area contributed by atoms with Gasteiger partial charge in [0, 0.05) is 30.9 Å². The zero-order valence-corrected chi connectivity index (χ0v) is 11.0. The van der Waals surface area contributed by atoms with Crippen molar-refractivity contribution >= 4 is 5.69 Å². The number of hydrogen-bond acceptors (Lipinski definition) is 4. The first-order chi connectivity index (χ1) is 9.74. The third kappa shape index (κ3) is 2.55. The van der Waals surface area contributed by atoms with Crippen LogP contribution in [0.4, 0.5) is 5.69 Å². The van der Waals surface area contributed by atoms with Gasteiger partial charge in [0.25, 0.3) is 5.69 Å². The molecule has 1 aromatic carbocycles. The van der Waals surface area contributed by atoms with E-state index in [9.17, 15) is 10.1 Å². The number of benzene rings is 1. The molecule has 0 radical (unpaired) electrons. The topological polar surface area (TPSA) is 73.0 Å². The van der Waals surface area contributed by atoms with Crippen molar-refractivity contribution in [3.05, 3.63) is 58.2 Å². The summed E-state index contributed by atoms with van der Waals surface area (Å²) >= 11 is 0. The van der Waals surface area contributed by atoms with Gasteiger partial charge in [-0.15, -0.1) is 0 Å². The summed E-state index contributed by atoms with van der Waals surface area (Å²) in [6.07, 6.45) is 6.03. The number of nitro groups is 1. The minimum absolute atomic E-state index is 0.122. The first-order valence-corrected chi connectivity index (χ1v) is 6.71. The van der Waals surface area contributed by atoms with Crippen LogP contribution >= 0.6 is 0 Å². The van der Waals surface area contributed by atoms with Crippen LogP contribution in [0, 0.1) is 10.1 Å². The van der Waals surface area contributed by atoms with Gasteiger partial charge in [-0.05, 0) is 24.9 Å².